The van der Waals surface area contributed by atoms with Crippen molar-refractivity contribution in [2.24, 2.45) is 5.73 Å². The first-order valence-corrected chi connectivity index (χ1v) is 7.55. The summed E-state index contributed by atoms with van der Waals surface area (Å²) in [6.45, 7) is 2.07. The number of fused-ring (bicyclic) bond motifs is 1. The molecule has 2 heterocycles. The van der Waals surface area contributed by atoms with Crippen LogP contribution in [-0.2, 0) is 12.0 Å². The van der Waals surface area contributed by atoms with Crippen LogP contribution in [0.2, 0.25) is 0 Å². The lowest BCUT2D eigenvalue weighted by Crippen LogP contribution is -2.36. The van der Waals surface area contributed by atoms with Gasteiger partial charge in [0.05, 0.1) is 5.54 Å². The smallest absolute Gasteiger partial charge is 0.234 e. The summed E-state index contributed by atoms with van der Waals surface area (Å²) in [6.07, 6.45) is 7.93. The quantitative estimate of drug-likeness (QED) is 0.846. The molecule has 0 saturated heterocycles. The molecule has 0 atom stereocenters. The lowest BCUT2D eigenvalue weighted by atomic mass is 9.92. The Morgan fingerprint density at radius 1 is 1.22 bits per heavy atom. The highest BCUT2D eigenvalue weighted by Gasteiger charge is 2.32. The Bertz CT molecular complexity index is 536. The third-order valence-corrected chi connectivity index (χ3v) is 4.91. The first kappa shape index (κ1) is 12.0. The van der Waals surface area contributed by atoms with E-state index >= 15 is 0 Å². The summed E-state index contributed by atoms with van der Waals surface area (Å²) < 4.78 is 1.86. The fourth-order valence-corrected chi connectivity index (χ4v) is 3.67. The molecule has 1 fully saturated rings. The van der Waals surface area contributed by atoms with Crippen molar-refractivity contribution in [2.45, 2.75) is 57.4 Å². The zero-order valence-corrected chi connectivity index (χ0v) is 11.5. The lowest BCUT2D eigenvalue weighted by molar-refractivity contribution is 0.379. The van der Waals surface area contributed by atoms with Crippen LogP contribution in [0.1, 0.15) is 56.3 Å². The molecule has 18 heavy (non-hydrogen) atoms. The molecule has 0 amide bonds. The van der Waals surface area contributed by atoms with Crippen LogP contribution >= 0.6 is 11.3 Å². The molecule has 1 aliphatic rings. The van der Waals surface area contributed by atoms with Crippen LogP contribution < -0.4 is 5.73 Å². The van der Waals surface area contributed by atoms with Gasteiger partial charge in [0.25, 0.3) is 0 Å². The van der Waals surface area contributed by atoms with Crippen LogP contribution in [0.25, 0.3) is 4.96 Å². The molecule has 1 aliphatic carbocycles. The second-order valence-corrected chi connectivity index (χ2v) is 6.10. The molecule has 0 radical (unpaired) electrons. The minimum atomic E-state index is -0.243. The fraction of sp³-hybridized carbons (Fsp3) is 0.750. The molecule has 2 N–H and O–H groups in total. The monoisotopic (exact) mass is 265 g/mol. The Morgan fingerprint density at radius 3 is 2.61 bits per heavy atom. The summed E-state index contributed by atoms with van der Waals surface area (Å²) in [7, 11) is 0. The Balaban J connectivity index is 1.99. The van der Waals surface area contributed by atoms with Crippen molar-refractivity contribution in [3.8, 4) is 0 Å². The van der Waals surface area contributed by atoms with E-state index in [9.17, 15) is 0 Å². The maximum atomic E-state index is 6.58. The van der Waals surface area contributed by atoms with Crippen molar-refractivity contribution in [1.82, 2.24) is 19.8 Å². The predicted molar refractivity (Wildman–Crippen MR) is 71.6 cm³/mol. The third-order valence-electron chi connectivity index (χ3n) is 3.79. The highest BCUT2D eigenvalue weighted by Crippen LogP contribution is 2.35. The van der Waals surface area contributed by atoms with Gasteiger partial charge < -0.3 is 5.73 Å². The van der Waals surface area contributed by atoms with Gasteiger partial charge in [-0.1, -0.05) is 43.9 Å². The number of aryl methyl sites for hydroxylation is 1. The summed E-state index contributed by atoms with van der Waals surface area (Å²) >= 11 is 1.60. The first-order valence-electron chi connectivity index (χ1n) is 6.73. The van der Waals surface area contributed by atoms with Gasteiger partial charge >= 0.3 is 0 Å². The second kappa shape index (κ2) is 4.59. The van der Waals surface area contributed by atoms with E-state index in [0.29, 0.717) is 0 Å². The van der Waals surface area contributed by atoms with E-state index in [2.05, 4.69) is 22.2 Å². The average molecular weight is 265 g/mol. The summed E-state index contributed by atoms with van der Waals surface area (Å²) in [5.41, 5.74) is 6.34. The molecular weight excluding hydrogens is 246 g/mol. The molecule has 2 aromatic rings. The van der Waals surface area contributed by atoms with Crippen LogP contribution in [0.4, 0.5) is 0 Å². The molecule has 6 heteroatoms. The number of hydrogen-bond donors (Lipinski definition) is 1. The van der Waals surface area contributed by atoms with Crippen molar-refractivity contribution >= 4 is 16.3 Å². The number of rotatable bonds is 2. The minimum Gasteiger partial charge on any atom is -0.319 e. The van der Waals surface area contributed by atoms with Crippen molar-refractivity contribution in [3.05, 3.63) is 10.8 Å². The van der Waals surface area contributed by atoms with E-state index in [0.717, 1.165) is 35.1 Å². The maximum absolute atomic E-state index is 6.58. The van der Waals surface area contributed by atoms with Gasteiger partial charge in [0.1, 0.15) is 5.01 Å². The van der Waals surface area contributed by atoms with E-state index in [1.54, 1.807) is 11.3 Å². The van der Waals surface area contributed by atoms with Crippen molar-refractivity contribution in [3.63, 3.8) is 0 Å². The molecule has 98 valence electrons. The molecule has 5 nitrogen and oxygen atoms in total. The Kier molecular flexibility index (Phi) is 3.07. The lowest BCUT2D eigenvalue weighted by Gasteiger charge is -2.24. The molecule has 0 bridgehead atoms. The van der Waals surface area contributed by atoms with Gasteiger partial charge in [-0.25, -0.2) is 0 Å². The van der Waals surface area contributed by atoms with Gasteiger partial charge in [-0.15, -0.1) is 10.2 Å². The highest BCUT2D eigenvalue weighted by molar-refractivity contribution is 7.16. The van der Waals surface area contributed by atoms with E-state index in [-0.39, 0.29) is 5.54 Å². The Labute approximate surface area is 110 Å². The molecule has 0 aromatic carbocycles. The number of aromatic nitrogens is 4. The molecule has 0 spiro atoms. The largest absolute Gasteiger partial charge is 0.319 e. The van der Waals surface area contributed by atoms with Crippen LogP contribution in [0.15, 0.2) is 0 Å². The SMILES string of the molecule is CCc1nnc2sc(C3(N)CCCCCC3)nn12. The molecule has 0 unspecified atom stereocenters. The molecular formula is C12H19N5S. The molecule has 0 aliphatic heterocycles. The topological polar surface area (TPSA) is 69.1 Å². The highest BCUT2D eigenvalue weighted by atomic mass is 32.1. The molecule has 3 rings (SSSR count). The van der Waals surface area contributed by atoms with Gasteiger partial charge in [-0.3, -0.25) is 0 Å². The maximum Gasteiger partial charge on any atom is 0.234 e. The zero-order chi connectivity index (χ0) is 12.6. The Hall–Kier alpha value is -1.01. The van der Waals surface area contributed by atoms with Crippen LogP contribution in [-0.4, -0.2) is 19.8 Å². The zero-order valence-electron chi connectivity index (χ0n) is 10.7. The van der Waals surface area contributed by atoms with E-state index < -0.39 is 0 Å². The summed E-state index contributed by atoms with van der Waals surface area (Å²) in [5, 5.41) is 14.0. The second-order valence-electron chi connectivity index (χ2n) is 5.14. The van der Waals surface area contributed by atoms with Crippen molar-refractivity contribution < 1.29 is 0 Å². The van der Waals surface area contributed by atoms with Crippen molar-refractivity contribution in [1.29, 1.82) is 0 Å². The average Bonchev–Trinajstić information content (AvgIpc) is 2.86. The van der Waals surface area contributed by atoms with Crippen LogP contribution in [0.5, 0.6) is 0 Å². The summed E-state index contributed by atoms with van der Waals surface area (Å²) in [6, 6.07) is 0. The van der Waals surface area contributed by atoms with Crippen molar-refractivity contribution in [2.75, 3.05) is 0 Å². The Morgan fingerprint density at radius 2 is 1.94 bits per heavy atom. The van der Waals surface area contributed by atoms with Gasteiger partial charge in [0, 0.05) is 6.42 Å². The standard InChI is InChI=1S/C12H19N5S/c1-2-9-14-15-11-17(9)16-10(18-11)12(13)7-5-3-4-6-8-12/h2-8,13H2,1H3. The normalized spacial score (nSPS) is 20.1. The van der Waals surface area contributed by atoms with Gasteiger partial charge in [-0.05, 0) is 12.8 Å². The van der Waals surface area contributed by atoms with E-state index in [1.165, 1.54) is 25.7 Å². The number of hydrogen-bond acceptors (Lipinski definition) is 5. The van der Waals surface area contributed by atoms with Gasteiger partial charge in [0.2, 0.25) is 4.96 Å². The predicted octanol–water partition coefficient (Wildman–Crippen LogP) is 2.26. The number of nitrogens with two attached hydrogens (primary N) is 1. The minimum absolute atomic E-state index is 0.243. The van der Waals surface area contributed by atoms with E-state index in [4.69, 9.17) is 5.73 Å². The van der Waals surface area contributed by atoms with Gasteiger partial charge in [0.15, 0.2) is 5.82 Å². The fourth-order valence-electron chi connectivity index (χ4n) is 2.65. The third kappa shape index (κ3) is 1.93. The first-order chi connectivity index (χ1) is 8.73. The van der Waals surface area contributed by atoms with E-state index in [1.807, 2.05) is 4.52 Å². The van der Waals surface area contributed by atoms with Gasteiger partial charge in [-0.2, -0.15) is 9.61 Å². The van der Waals surface area contributed by atoms with Crippen LogP contribution in [0.3, 0.4) is 0 Å². The van der Waals surface area contributed by atoms with Crippen LogP contribution in [0, 0.1) is 0 Å². The molecule has 1 saturated carbocycles. The molecule has 2 aromatic heterocycles. The summed E-state index contributed by atoms with van der Waals surface area (Å²) in [5.74, 6) is 0.921. The summed E-state index contributed by atoms with van der Waals surface area (Å²) in [4.78, 5) is 0.871. The number of nitrogens with zero attached hydrogens (tertiary/aromatic N) is 4.